The number of hydrogen-bond donors (Lipinski definition) is 1. The summed E-state index contributed by atoms with van der Waals surface area (Å²) in [5.74, 6) is 0.630. The fraction of sp³-hybridized carbons (Fsp3) is 0.238. The van der Waals surface area contributed by atoms with Crippen molar-refractivity contribution in [2.75, 3.05) is 13.7 Å². The van der Waals surface area contributed by atoms with Crippen molar-refractivity contribution in [3.63, 3.8) is 0 Å². The summed E-state index contributed by atoms with van der Waals surface area (Å²) in [6.45, 7) is 4.17. The molecule has 0 bridgehead atoms. The molecule has 0 atom stereocenters. The van der Waals surface area contributed by atoms with Crippen LogP contribution in [0.15, 0.2) is 48.5 Å². The van der Waals surface area contributed by atoms with Crippen molar-refractivity contribution < 1.29 is 19.1 Å². The van der Waals surface area contributed by atoms with Crippen molar-refractivity contribution >= 4 is 18.0 Å². The zero-order valence-corrected chi connectivity index (χ0v) is 15.2. The van der Waals surface area contributed by atoms with Gasteiger partial charge in [-0.2, -0.15) is 0 Å². The number of rotatable bonds is 7. The summed E-state index contributed by atoms with van der Waals surface area (Å²) < 4.78 is 10.3. The van der Waals surface area contributed by atoms with Gasteiger partial charge in [-0.1, -0.05) is 18.2 Å². The third kappa shape index (κ3) is 6.09. The van der Waals surface area contributed by atoms with Crippen LogP contribution in [0.4, 0.5) is 0 Å². The van der Waals surface area contributed by atoms with Crippen molar-refractivity contribution in [2.24, 2.45) is 0 Å². The highest BCUT2D eigenvalue weighted by atomic mass is 16.5. The van der Waals surface area contributed by atoms with Crippen LogP contribution in [0.25, 0.3) is 6.08 Å². The number of benzene rings is 2. The number of carbonyl (C=O) groups excluding carboxylic acids is 2. The Labute approximate surface area is 153 Å². The van der Waals surface area contributed by atoms with E-state index in [2.05, 4.69) is 5.32 Å². The van der Waals surface area contributed by atoms with E-state index in [1.54, 1.807) is 19.3 Å². The van der Waals surface area contributed by atoms with Crippen LogP contribution in [0.1, 0.15) is 23.1 Å². The monoisotopic (exact) mass is 353 g/mol. The highest BCUT2D eigenvalue weighted by Crippen LogP contribution is 2.16. The Morgan fingerprint density at radius 2 is 1.69 bits per heavy atom. The topological polar surface area (TPSA) is 64.6 Å². The van der Waals surface area contributed by atoms with E-state index in [1.165, 1.54) is 6.08 Å². The molecule has 2 rings (SSSR count). The van der Waals surface area contributed by atoms with Crippen molar-refractivity contribution in [2.45, 2.75) is 20.3 Å². The summed E-state index contributed by atoms with van der Waals surface area (Å²) in [4.78, 5) is 23.6. The molecule has 0 aliphatic carbocycles. The summed E-state index contributed by atoms with van der Waals surface area (Å²) in [7, 11) is 1.60. The molecule has 0 fully saturated rings. The molecular weight excluding hydrogens is 330 g/mol. The van der Waals surface area contributed by atoms with Crippen molar-refractivity contribution in [1.82, 2.24) is 5.32 Å². The minimum atomic E-state index is -0.382. The molecule has 0 heterocycles. The molecular formula is C21H23NO4. The first-order valence-electron chi connectivity index (χ1n) is 8.36. The van der Waals surface area contributed by atoms with Crippen LogP contribution in [0.3, 0.4) is 0 Å². The van der Waals surface area contributed by atoms with Gasteiger partial charge in [-0.25, -0.2) is 0 Å². The SMILES string of the molecule is COc1ccc(/C=C/C(=O)NCCC(=O)Oc2ccc(C)c(C)c2)cc1. The maximum absolute atomic E-state index is 11.8. The molecule has 0 saturated heterocycles. The van der Waals surface area contributed by atoms with E-state index in [0.717, 1.165) is 22.4 Å². The maximum atomic E-state index is 11.8. The number of carbonyl (C=O) groups is 2. The number of ether oxygens (including phenoxy) is 2. The van der Waals surface area contributed by atoms with E-state index in [1.807, 2.05) is 50.2 Å². The number of amides is 1. The van der Waals surface area contributed by atoms with Gasteiger partial charge in [0.25, 0.3) is 0 Å². The average molecular weight is 353 g/mol. The molecule has 2 aromatic rings. The van der Waals surface area contributed by atoms with Gasteiger partial charge in [-0.15, -0.1) is 0 Å². The van der Waals surface area contributed by atoms with Crippen LogP contribution in [0, 0.1) is 13.8 Å². The van der Waals surface area contributed by atoms with E-state index >= 15 is 0 Å². The second kappa shape index (κ2) is 9.42. The fourth-order valence-electron chi connectivity index (χ4n) is 2.19. The number of methoxy groups -OCH3 is 1. The zero-order valence-electron chi connectivity index (χ0n) is 15.2. The molecule has 2 aromatic carbocycles. The molecule has 0 aliphatic heterocycles. The highest BCUT2D eigenvalue weighted by Gasteiger charge is 2.06. The second-order valence-electron chi connectivity index (χ2n) is 5.87. The lowest BCUT2D eigenvalue weighted by molar-refractivity contribution is -0.134. The maximum Gasteiger partial charge on any atom is 0.312 e. The van der Waals surface area contributed by atoms with Crippen LogP contribution in [-0.2, 0) is 9.59 Å². The molecule has 0 aromatic heterocycles. The molecule has 1 N–H and O–H groups in total. The van der Waals surface area contributed by atoms with Crippen LogP contribution < -0.4 is 14.8 Å². The van der Waals surface area contributed by atoms with Gasteiger partial charge < -0.3 is 14.8 Å². The Balaban J connectivity index is 1.73. The summed E-state index contributed by atoms with van der Waals surface area (Å²) in [5.41, 5.74) is 3.09. The van der Waals surface area contributed by atoms with Crippen molar-refractivity contribution in [3.8, 4) is 11.5 Å². The Morgan fingerprint density at radius 3 is 2.35 bits per heavy atom. The molecule has 136 valence electrons. The average Bonchev–Trinajstić information content (AvgIpc) is 2.63. The van der Waals surface area contributed by atoms with Gasteiger partial charge >= 0.3 is 5.97 Å². The first-order chi connectivity index (χ1) is 12.5. The molecule has 0 spiro atoms. The van der Waals surface area contributed by atoms with E-state index in [0.29, 0.717) is 5.75 Å². The van der Waals surface area contributed by atoms with Gasteiger partial charge in [0.15, 0.2) is 0 Å². The van der Waals surface area contributed by atoms with Crippen LogP contribution in [0.2, 0.25) is 0 Å². The summed E-state index contributed by atoms with van der Waals surface area (Å²) in [6, 6.07) is 12.8. The molecule has 0 unspecified atom stereocenters. The van der Waals surface area contributed by atoms with Gasteiger partial charge in [0.1, 0.15) is 11.5 Å². The first-order valence-corrected chi connectivity index (χ1v) is 8.36. The standard InChI is InChI=1S/C21H23NO4/c1-15-4-8-19(14-16(15)2)26-21(24)12-13-22-20(23)11-7-17-5-9-18(25-3)10-6-17/h4-11,14H,12-13H2,1-3H3,(H,22,23)/b11-7+. The number of nitrogens with one attached hydrogen (secondary N) is 1. The normalized spacial score (nSPS) is 10.6. The fourth-order valence-corrected chi connectivity index (χ4v) is 2.19. The Hall–Kier alpha value is -3.08. The molecule has 0 aliphatic rings. The minimum absolute atomic E-state index is 0.106. The van der Waals surface area contributed by atoms with Crippen LogP contribution in [-0.4, -0.2) is 25.5 Å². The smallest absolute Gasteiger partial charge is 0.312 e. The van der Waals surface area contributed by atoms with Crippen LogP contribution >= 0.6 is 0 Å². The second-order valence-corrected chi connectivity index (χ2v) is 5.87. The summed E-state index contributed by atoms with van der Waals surface area (Å²) in [6.07, 6.45) is 3.23. The van der Waals surface area contributed by atoms with Gasteiger partial charge in [0.05, 0.1) is 13.5 Å². The number of hydrogen-bond acceptors (Lipinski definition) is 4. The molecule has 0 radical (unpaired) electrons. The van der Waals surface area contributed by atoms with Gasteiger partial charge in [0, 0.05) is 12.6 Å². The molecule has 5 nitrogen and oxygen atoms in total. The highest BCUT2D eigenvalue weighted by molar-refractivity contribution is 5.91. The lowest BCUT2D eigenvalue weighted by Gasteiger charge is -2.07. The van der Waals surface area contributed by atoms with E-state index < -0.39 is 0 Å². The van der Waals surface area contributed by atoms with Gasteiger partial charge in [-0.05, 0) is 60.9 Å². The molecule has 26 heavy (non-hydrogen) atoms. The number of esters is 1. The molecule has 5 heteroatoms. The predicted molar refractivity (Wildman–Crippen MR) is 101 cm³/mol. The predicted octanol–water partition coefficient (Wildman–Crippen LogP) is 3.44. The van der Waals surface area contributed by atoms with E-state index in [4.69, 9.17) is 9.47 Å². The van der Waals surface area contributed by atoms with Gasteiger partial charge in [0.2, 0.25) is 5.91 Å². The zero-order chi connectivity index (χ0) is 18.9. The number of aryl methyl sites for hydroxylation is 2. The third-order valence-corrected chi connectivity index (χ3v) is 3.88. The van der Waals surface area contributed by atoms with Gasteiger partial charge in [-0.3, -0.25) is 9.59 Å². The summed E-state index contributed by atoms with van der Waals surface area (Å²) >= 11 is 0. The third-order valence-electron chi connectivity index (χ3n) is 3.88. The molecule has 0 saturated carbocycles. The van der Waals surface area contributed by atoms with Crippen molar-refractivity contribution in [1.29, 1.82) is 0 Å². The van der Waals surface area contributed by atoms with Crippen molar-refractivity contribution in [3.05, 3.63) is 65.2 Å². The molecule has 1 amide bonds. The van der Waals surface area contributed by atoms with Crippen LogP contribution in [0.5, 0.6) is 11.5 Å². The Morgan fingerprint density at radius 1 is 1.00 bits per heavy atom. The minimum Gasteiger partial charge on any atom is -0.497 e. The van der Waals surface area contributed by atoms with E-state index in [9.17, 15) is 9.59 Å². The summed E-state index contributed by atoms with van der Waals surface area (Å²) in [5, 5.41) is 2.66. The lowest BCUT2D eigenvalue weighted by atomic mass is 10.1. The lowest BCUT2D eigenvalue weighted by Crippen LogP contribution is -2.25. The largest absolute Gasteiger partial charge is 0.497 e. The quantitative estimate of drug-likeness (QED) is 0.470. The Kier molecular flexibility index (Phi) is 6.97. The Bertz CT molecular complexity index is 794. The van der Waals surface area contributed by atoms with E-state index in [-0.39, 0.29) is 24.8 Å². The first kappa shape index (κ1) is 19.2.